The molecule has 0 bridgehead atoms. The zero-order valence-electron chi connectivity index (χ0n) is 12.9. The summed E-state index contributed by atoms with van der Waals surface area (Å²) in [5.41, 5.74) is 3.32. The van der Waals surface area contributed by atoms with Gasteiger partial charge in [0.15, 0.2) is 10.4 Å². The fourth-order valence-corrected chi connectivity index (χ4v) is 3.04. The highest BCUT2D eigenvalue weighted by atomic mass is 32.1. The summed E-state index contributed by atoms with van der Waals surface area (Å²) in [6.45, 7) is 4.79. The molecule has 116 valence electrons. The first-order valence-electron chi connectivity index (χ1n) is 7.92. The molecule has 1 saturated carbocycles. The van der Waals surface area contributed by atoms with E-state index in [0.29, 0.717) is 0 Å². The molecule has 6 heteroatoms. The lowest BCUT2D eigenvalue weighted by Crippen LogP contribution is -2.07. The molecular weight excluding hydrogens is 284 g/mol. The molecular formula is C15H24N4OS. The number of nitrogens with zero attached hydrogens (tertiary/aromatic N) is 3. The van der Waals surface area contributed by atoms with Crippen molar-refractivity contribution in [1.29, 1.82) is 0 Å². The summed E-state index contributed by atoms with van der Waals surface area (Å²) in [6, 6.07) is 0. The maximum absolute atomic E-state index is 5.70. The third-order valence-electron chi connectivity index (χ3n) is 4.03. The van der Waals surface area contributed by atoms with Crippen LogP contribution in [0.4, 0.5) is 0 Å². The average Bonchev–Trinajstić information content (AvgIpc) is 3.15. The molecule has 2 heterocycles. The lowest BCUT2D eigenvalue weighted by molar-refractivity contribution is 0.119. The summed E-state index contributed by atoms with van der Waals surface area (Å²) in [5.74, 6) is 0.833. The molecule has 0 unspecified atom stereocenters. The van der Waals surface area contributed by atoms with Gasteiger partial charge in [-0.2, -0.15) is 5.10 Å². The van der Waals surface area contributed by atoms with Gasteiger partial charge in [-0.15, -0.1) is 0 Å². The van der Waals surface area contributed by atoms with Gasteiger partial charge in [0.1, 0.15) is 5.52 Å². The predicted molar refractivity (Wildman–Crippen MR) is 86.0 cm³/mol. The van der Waals surface area contributed by atoms with Crippen LogP contribution in [0.2, 0.25) is 0 Å². The smallest absolute Gasteiger partial charge is 0.179 e. The monoisotopic (exact) mass is 308 g/mol. The largest absolute Gasteiger partial charge is 0.381 e. The Bertz CT molecular complexity index is 665. The van der Waals surface area contributed by atoms with Crippen LogP contribution in [0.15, 0.2) is 0 Å². The van der Waals surface area contributed by atoms with Crippen LogP contribution >= 0.6 is 12.2 Å². The topological polar surface area (TPSA) is 47.8 Å². The molecule has 2 aromatic rings. The molecule has 5 nitrogen and oxygen atoms in total. The highest BCUT2D eigenvalue weighted by molar-refractivity contribution is 7.71. The third-order valence-corrected chi connectivity index (χ3v) is 4.35. The number of ether oxygens (including phenoxy) is 1. The SMILES string of the molecule is CCCc1nn(C)c2c1[nH]c(=S)n2CCCOCC1CC1. The lowest BCUT2D eigenvalue weighted by atomic mass is 10.2. The summed E-state index contributed by atoms with van der Waals surface area (Å²) >= 11 is 5.47. The fraction of sp³-hybridized carbons (Fsp3) is 0.733. The van der Waals surface area contributed by atoms with Gasteiger partial charge in [0, 0.05) is 26.8 Å². The minimum atomic E-state index is 0.789. The molecule has 0 radical (unpaired) electrons. The van der Waals surface area contributed by atoms with Gasteiger partial charge in [-0.1, -0.05) is 13.3 Å². The molecule has 0 atom stereocenters. The zero-order valence-corrected chi connectivity index (χ0v) is 13.7. The van der Waals surface area contributed by atoms with Crippen molar-refractivity contribution in [3.05, 3.63) is 10.5 Å². The number of aryl methyl sites for hydroxylation is 3. The maximum atomic E-state index is 5.70. The number of nitrogens with one attached hydrogen (secondary N) is 1. The molecule has 0 saturated heterocycles. The molecule has 0 aromatic carbocycles. The normalized spacial score (nSPS) is 15.1. The maximum Gasteiger partial charge on any atom is 0.179 e. The van der Waals surface area contributed by atoms with Gasteiger partial charge < -0.3 is 14.3 Å². The van der Waals surface area contributed by atoms with Crippen molar-refractivity contribution in [1.82, 2.24) is 19.3 Å². The first-order valence-corrected chi connectivity index (χ1v) is 8.33. The van der Waals surface area contributed by atoms with Crippen LogP contribution in [-0.2, 0) is 24.8 Å². The van der Waals surface area contributed by atoms with E-state index in [4.69, 9.17) is 17.0 Å². The number of rotatable bonds is 8. The fourth-order valence-electron chi connectivity index (χ4n) is 2.76. The number of imidazole rings is 1. The second-order valence-corrected chi connectivity index (χ2v) is 6.36. The Morgan fingerprint density at radius 1 is 1.43 bits per heavy atom. The molecule has 1 aliphatic carbocycles. The standard InChI is InChI=1S/C15H24N4OS/c1-3-5-12-13-14(18(2)17-12)19(15(21)16-13)8-4-9-20-10-11-6-7-11/h11H,3-10H2,1-2H3,(H,16,21). The van der Waals surface area contributed by atoms with E-state index in [1.807, 2.05) is 11.7 Å². The molecule has 3 rings (SSSR count). The molecule has 21 heavy (non-hydrogen) atoms. The first kappa shape index (κ1) is 14.8. The van der Waals surface area contributed by atoms with E-state index in [1.165, 1.54) is 12.8 Å². The van der Waals surface area contributed by atoms with Gasteiger partial charge in [-0.05, 0) is 43.8 Å². The van der Waals surface area contributed by atoms with E-state index in [1.54, 1.807) is 0 Å². The number of H-pyrrole nitrogens is 1. The van der Waals surface area contributed by atoms with E-state index >= 15 is 0 Å². The zero-order chi connectivity index (χ0) is 14.8. The van der Waals surface area contributed by atoms with Gasteiger partial charge in [-0.3, -0.25) is 4.68 Å². The summed E-state index contributed by atoms with van der Waals surface area (Å²) in [5, 5.41) is 4.60. The second kappa shape index (κ2) is 6.32. The highest BCUT2D eigenvalue weighted by Crippen LogP contribution is 2.28. The van der Waals surface area contributed by atoms with Gasteiger partial charge in [0.2, 0.25) is 0 Å². The Balaban J connectivity index is 1.68. The van der Waals surface area contributed by atoms with Crippen LogP contribution in [0.5, 0.6) is 0 Å². The Morgan fingerprint density at radius 2 is 2.24 bits per heavy atom. The van der Waals surface area contributed by atoms with Crippen LogP contribution in [0.1, 0.15) is 38.3 Å². The third kappa shape index (κ3) is 3.21. The van der Waals surface area contributed by atoms with Crippen molar-refractivity contribution in [2.45, 2.75) is 45.6 Å². The lowest BCUT2D eigenvalue weighted by Gasteiger charge is -2.06. The van der Waals surface area contributed by atoms with Gasteiger partial charge in [0.25, 0.3) is 0 Å². The summed E-state index contributed by atoms with van der Waals surface area (Å²) < 4.78 is 10.6. The van der Waals surface area contributed by atoms with Crippen molar-refractivity contribution in [3.63, 3.8) is 0 Å². The Morgan fingerprint density at radius 3 is 2.95 bits per heavy atom. The van der Waals surface area contributed by atoms with Crippen LogP contribution in [-0.4, -0.2) is 32.5 Å². The molecule has 1 fully saturated rings. The average molecular weight is 308 g/mol. The predicted octanol–water partition coefficient (Wildman–Crippen LogP) is 3.20. The van der Waals surface area contributed by atoms with Gasteiger partial charge in [-0.25, -0.2) is 0 Å². The van der Waals surface area contributed by atoms with E-state index < -0.39 is 0 Å². The van der Waals surface area contributed by atoms with E-state index in [0.717, 1.165) is 66.6 Å². The minimum absolute atomic E-state index is 0.789. The number of aromatic nitrogens is 4. The summed E-state index contributed by atoms with van der Waals surface area (Å²) in [7, 11) is 1.99. The van der Waals surface area contributed by atoms with E-state index in [2.05, 4.69) is 21.6 Å². The highest BCUT2D eigenvalue weighted by Gasteiger charge is 2.21. The van der Waals surface area contributed by atoms with Crippen LogP contribution in [0, 0.1) is 10.7 Å². The molecule has 0 aliphatic heterocycles. The van der Waals surface area contributed by atoms with Crippen molar-refractivity contribution < 1.29 is 4.74 Å². The van der Waals surface area contributed by atoms with Gasteiger partial charge >= 0.3 is 0 Å². The summed E-state index contributed by atoms with van der Waals surface area (Å²) in [4.78, 5) is 3.32. The Kier molecular flexibility index (Phi) is 4.45. The molecule has 2 aromatic heterocycles. The number of fused-ring (bicyclic) bond motifs is 1. The van der Waals surface area contributed by atoms with Crippen molar-refractivity contribution in [2.75, 3.05) is 13.2 Å². The molecule has 0 amide bonds. The first-order chi connectivity index (χ1) is 10.2. The van der Waals surface area contributed by atoms with Crippen molar-refractivity contribution in [2.24, 2.45) is 13.0 Å². The van der Waals surface area contributed by atoms with Crippen LogP contribution in [0.3, 0.4) is 0 Å². The number of hydrogen-bond donors (Lipinski definition) is 1. The van der Waals surface area contributed by atoms with Gasteiger partial charge in [0.05, 0.1) is 5.69 Å². The Labute approximate surface area is 130 Å². The number of hydrogen-bond acceptors (Lipinski definition) is 3. The van der Waals surface area contributed by atoms with Crippen molar-refractivity contribution >= 4 is 23.4 Å². The van der Waals surface area contributed by atoms with Crippen molar-refractivity contribution in [3.8, 4) is 0 Å². The quantitative estimate of drug-likeness (QED) is 0.602. The van der Waals surface area contributed by atoms with E-state index in [9.17, 15) is 0 Å². The number of aromatic amines is 1. The van der Waals surface area contributed by atoms with E-state index in [-0.39, 0.29) is 0 Å². The molecule has 1 aliphatic rings. The summed E-state index contributed by atoms with van der Waals surface area (Å²) in [6.07, 6.45) is 5.75. The second-order valence-electron chi connectivity index (χ2n) is 5.97. The van der Waals surface area contributed by atoms with Crippen LogP contribution < -0.4 is 0 Å². The Hall–Kier alpha value is -1.14. The molecule has 1 N–H and O–H groups in total. The minimum Gasteiger partial charge on any atom is -0.381 e. The van der Waals surface area contributed by atoms with Crippen LogP contribution in [0.25, 0.3) is 11.2 Å². The molecule has 0 spiro atoms.